The normalized spacial score (nSPS) is 12.8. The van der Waals surface area contributed by atoms with Crippen molar-refractivity contribution in [2.24, 2.45) is 0 Å². The molecule has 0 unspecified atom stereocenters. The Morgan fingerprint density at radius 2 is 0.384 bits per heavy atom. The van der Waals surface area contributed by atoms with Crippen molar-refractivity contribution in [1.29, 1.82) is 0 Å². The second kappa shape index (κ2) is 30.6. The second-order valence-corrected chi connectivity index (χ2v) is 35.9. The zero-order valence-corrected chi connectivity index (χ0v) is 56.8. The van der Waals surface area contributed by atoms with Crippen molar-refractivity contribution >= 4 is 51.0 Å². The molecule has 0 radical (unpaired) electrons. The molecule has 0 fully saturated rings. The number of ether oxygens (including phenoxy) is 3. The number of aryl methyl sites for hydroxylation is 6. The first-order valence-electron chi connectivity index (χ1n) is 30.5. The van der Waals surface area contributed by atoms with Crippen molar-refractivity contribution in [3.8, 4) is 0 Å². The van der Waals surface area contributed by atoms with E-state index in [1.165, 1.54) is 33.4 Å². The van der Waals surface area contributed by atoms with E-state index in [-0.39, 0.29) is 0 Å². The number of benzene rings is 9. The Labute approximate surface area is 524 Å². The Kier molecular flexibility index (Phi) is 23.0. The molecule has 0 aliphatic carbocycles. The van der Waals surface area contributed by atoms with Crippen LogP contribution in [0.4, 0.5) is 0 Å². The molecule has 0 aliphatic heterocycles. The van der Waals surface area contributed by atoms with Gasteiger partial charge in [0.15, 0.2) is 0 Å². The zero-order chi connectivity index (χ0) is 60.6. The SMILES string of the molecule is CCc1ccc(S([O][Sb](=[O])([O]S(c2ccc(CC)cc2)(c2ccc(CC)cc2)c2ccc(CCOC)cc2)[O]S(c2ccc(CC)cc2)(c2ccc(CC)cc2)c2ccc(CCOC)cc2)(c2ccc(CC)cc2)c2ccc(CCOC)cc2)cc1. The summed E-state index contributed by atoms with van der Waals surface area (Å²) < 4.78 is 61.5. The Balaban J connectivity index is 1.47. The average Bonchev–Trinajstić information content (AvgIpc) is 0.781. The standard InChI is InChI=1S/3C25H30O2S.O.Sb/c3*1-4-20-6-12-23(13-7-20)28(26,24-14-8-21(5-2)9-15-24)25-16-10-22(11-17-25)18-19-27-3;;/h3*6-17,26H,4-5,18-19H2,1-3H3;;/q;;;;+3/p-3. The van der Waals surface area contributed by atoms with Crippen molar-refractivity contribution in [1.82, 2.24) is 0 Å². The van der Waals surface area contributed by atoms with Gasteiger partial charge in [0.2, 0.25) is 0 Å². The fourth-order valence-electron chi connectivity index (χ4n) is 10.8. The van der Waals surface area contributed by atoms with Crippen molar-refractivity contribution in [3.05, 3.63) is 268 Å². The Bertz CT molecular complexity index is 3050. The van der Waals surface area contributed by atoms with Crippen LogP contribution in [0.3, 0.4) is 0 Å². The van der Waals surface area contributed by atoms with Gasteiger partial charge in [-0.25, -0.2) is 0 Å². The number of hydrogen-bond acceptors (Lipinski definition) is 7. The Morgan fingerprint density at radius 1 is 0.244 bits per heavy atom. The summed E-state index contributed by atoms with van der Waals surface area (Å²) in [6.45, 7) is 14.8. The number of hydrogen-bond donors (Lipinski definition) is 0. The van der Waals surface area contributed by atoms with Crippen LogP contribution in [0, 0.1) is 0 Å². The van der Waals surface area contributed by atoms with Gasteiger partial charge in [-0.15, -0.1) is 0 Å². The van der Waals surface area contributed by atoms with Gasteiger partial charge in [0.05, 0.1) is 0 Å². The minimum atomic E-state index is -6.86. The van der Waals surface area contributed by atoms with Gasteiger partial charge in [0, 0.05) is 0 Å². The molecule has 0 aliphatic rings. The maximum atomic E-state index is 19.2. The summed E-state index contributed by atoms with van der Waals surface area (Å²) in [6, 6.07) is 78.5. The van der Waals surface area contributed by atoms with E-state index in [0.29, 0.717) is 19.8 Å². The molecule has 0 spiro atoms. The van der Waals surface area contributed by atoms with Gasteiger partial charge < -0.3 is 0 Å². The minimum absolute atomic E-state index is 0.569. The van der Waals surface area contributed by atoms with Gasteiger partial charge in [-0.1, -0.05) is 0 Å². The van der Waals surface area contributed by atoms with Crippen LogP contribution in [0.1, 0.15) is 91.6 Å². The molecule has 0 bridgehead atoms. The van der Waals surface area contributed by atoms with Gasteiger partial charge in [0.1, 0.15) is 0 Å². The van der Waals surface area contributed by atoms with Crippen molar-refractivity contribution in [3.63, 3.8) is 0 Å². The molecular weight excluding hydrogens is 1230 g/mol. The van der Waals surface area contributed by atoms with E-state index >= 15 is 3.02 Å². The predicted octanol–water partition coefficient (Wildman–Crippen LogP) is 19.5. The van der Waals surface area contributed by atoms with Crippen molar-refractivity contribution < 1.29 is 24.6 Å². The summed E-state index contributed by atoms with van der Waals surface area (Å²) >= 11 is -6.86. The summed E-state index contributed by atoms with van der Waals surface area (Å²) in [4.78, 5) is 7.80. The summed E-state index contributed by atoms with van der Waals surface area (Å²) in [5, 5.41) is 0. The molecule has 9 aromatic carbocycles. The fraction of sp³-hybridized carbons (Fsp3) is 0.280. The van der Waals surface area contributed by atoms with Crippen LogP contribution in [0.5, 0.6) is 0 Å². The van der Waals surface area contributed by atoms with Crippen LogP contribution in [0.25, 0.3) is 0 Å². The molecule has 0 saturated carbocycles. The van der Waals surface area contributed by atoms with E-state index in [4.69, 9.17) is 21.6 Å². The van der Waals surface area contributed by atoms with Crippen molar-refractivity contribution in [2.75, 3.05) is 41.2 Å². The van der Waals surface area contributed by atoms with E-state index < -0.39 is 51.0 Å². The molecular formula is C75H87O7S3Sb. The topological polar surface area (TPSA) is 72.5 Å². The first kappa shape index (κ1) is 64.9. The molecule has 452 valence electrons. The fourth-order valence-corrected chi connectivity index (χ4v) is 35.4. The predicted molar refractivity (Wildman–Crippen MR) is 358 cm³/mol. The molecule has 0 aromatic heterocycles. The molecule has 0 amide bonds. The average molecular weight is 1320 g/mol. The van der Waals surface area contributed by atoms with Crippen LogP contribution in [0.2, 0.25) is 0 Å². The summed E-state index contributed by atoms with van der Waals surface area (Å²) in [5.74, 6) is 0. The van der Waals surface area contributed by atoms with E-state index in [9.17, 15) is 0 Å². The molecule has 9 rings (SSSR count). The summed E-state index contributed by atoms with van der Waals surface area (Å²) in [6.07, 6.45) is 7.21. The molecule has 11 heteroatoms. The van der Waals surface area contributed by atoms with Gasteiger partial charge in [-0.3, -0.25) is 0 Å². The molecule has 0 atom stereocenters. The molecule has 9 aromatic rings. The van der Waals surface area contributed by atoms with Crippen LogP contribution < -0.4 is 0 Å². The maximum absolute atomic E-state index is 19.2. The molecule has 86 heavy (non-hydrogen) atoms. The summed E-state index contributed by atoms with van der Waals surface area (Å²) in [5.41, 5.74) is 10.4. The third-order valence-corrected chi connectivity index (χ3v) is 36.2. The number of methoxy groups -OCH3 is 3. The monoisotopic (exact) mass is 1320 g/mol. The Hall–Kier alpha value is -5.59. The van der Waals surface area contributed by atoms with E-state index in [0.717, 1.165) is 119 Å². The van der Waals surface area contributed by atoms with E-state index in [2.05, 4.69) is 260 Å². The van der Waals surface area contributed by atoms with Crippen LogP contribution in [-0.4, -0.2) is 61.2 Å². The van der Waals surface area contributed by atoms with Gasteiger partial charge in [-0.2, -0.15) is 0 Å². The van der Waals surface area contributed by atoms with Gasteiger partial charge in [-0.05, 0) is 0 Å². The zero-order valence-electron chi connectivity index (χ0n) is 51.8. The molecule has 0 saturated heterocycles. The second-order valence-electron chi connectivity index (χ2n) is 21.5. The van der Waals surface area contributed by atoms with Crippen LogP contribution in [-0.2, 0) is 82.4 Å². The van der Waals surface area contributed by atoms with Crippen molar-refractivity contribution in [2.45, 2.75) is 143 Å². The first-order valence-corrected chi connectivity index (χ1v) is 39.3. The molecule has 0 N–H and O–H groups in total. The quantitative estimate of drug-likeness (QED) is 0.0415. The third-order valence-electron chi connectivity index (χ3n) is 16.1. The summed E-state index contributed by atoms with van der Waals surface area (Å²) in [7, 11) is -4.09. The number of rotatable bonds is 30. The Morgan fingerprint density at radius 3 is 0.512 bits per heavy atom. The van der Waals surface area contributed by atoms with Gasteiger partial charge in [0.25, 0.3) is 0 Å². The van der Waals surface area contributed by atoms with Gasteiger partial charge >= 0.3 is 529 Å². The first-order chi connectivity index (χ1) is 42.0. The molecule has 0 heterocycles. The molecule has 7 nitrogen and oxygen atoms in total. The van der Waals surface area contributed by atoms with Crippen LogP contribution in [0.15, 0.2) is 262 Å². The third kappa shape index (κ3) is 14.4. The van der Waals surface area contributed by atoms with Crippen LogP contribution >= 0.6 is 30.9 Å². The van der Waals surface area contributed by atoms with E-state index in [1.54, 1.807) is 21.3 Å². The van der Waals surface area contributed by atoms with E-state index in [1.807, 2.05) is 0 Å².